The summed E-state index contributed by atoms with van der Waals surface area (Å²) in [6.07, 6.45) is 0. The van der Waals surface area contributed by atoms with Crippen LogP contribution in [0.2, 0.25) is 0 Å². The summed E-state index contributed by atoms with van der Waals surface area (Å²) in [4.78, 5) is 16.1. The number of para-hydroxylation sites is 1. The summed E-state index contributed by atoms with van der Waals surface area (Å²) in [7, 11) is 0. The van der Waals surface area contributed by atoms with E-state index in [2.05, 4.69) is 218 Å². The molecule has 2 heterocycles. The van der Waals surface area contributed by atoms with E-state index in [4.69, 9.17) is 19.7 Å². The van der Waals surface area contributed by atoms with E-state index in [9.17, 15) is 0 Å². The van der Waals surface area contributed by atoms with Gasteiger partial charge in [-0.15, -0.1) is 0 Å². The molecule has 0 saturated carbocycles. The van der Waals surface area contributed by atoms with Gasteiger partial charge in [0.1, 0.15) is 11.5 Å². The van der Waals surface area contributed by atoms with Crippen molar-refractivity contribution < 1.29 is 4.74 Å². The lowest BCUT2D eigenvalue weighted by atomic mass is 9.66. The Balaban J connectivity index is 1.10. The summed E-state index contributed by atoms with van der Waals surface area (Å²) in [5.74, 6) is 3.44. The van der Waals surface area contributed by atoms with Crippen LogP contribution in [0.5, 0.6) is 11.5 Å². The van der Waals surface area contributed by atoms with Crippen molar-refractivity contribution in [1.29, 1.82) is 0 Å². The first kappa shape index (κ1) is 35.7. The normalized spacial score (nSPS) is 12.8. The van der Waals surface area contributed by atoms with Gasteiger partial charge in [0.25, 0.3) is 0 Å². The Kier molecular flexibility index (Phi) is 8.36. The van der Waals surface area contributed by atoms with Crippen LogP contribution in [-0.2, 0) is 5.41 Å². The molecular formula is C58H37N3O. The maximum Gasteiger partial charge on any atom is 0.164 e. The molecule has 0 bridgehead atoms. The van der Waals surface area contributed by atoms with Crippen LogP contribution < -0.4 is 4.74 Å². The van der Waals surface area contributed by atoms with E-state index in [0.29, 0.717) is 17.5 Å². The average Bonchev–Trinajstić information content (AvgIpc) is 3.65. The van der Waals surface area contributed by atoms with Crippen LogP contribution in [0.25, 0.3) is 78.7 Å². The quantitative estimate of drug-likeness (QED) is 0.168. The van der Waals surface area contributed by atoms with E-state index in [1.807, 2.05) is 6.07 Å². The molecule has 1 aromatic heterocycles. The molecule has 1 aliphatic heterocycles. The summed E-state index contributed by atoms with van der Waals surface area (Å²) in [6.45, 7) is 0. The van der Waals surface area contributed by atoms with Gasteiger partial charge in [0, 0.05) is 33.4 Å². The number of hydrogen-bond donors (Lipinski definition) is 0. The van der Waals surface area contributed by atoms with E-state index in [-0.39, 0.29) is 0 Å². The van der Waals surface area contributed by atoms with Crippen LogP contribution in [0.4, 0.5) is 0 Å². The largest absolute Gasteiger partial charge is 0.457 e. The molecule has 1 aliphatic carbocycles. The topological polar surface area (TPSA) is 47.9 Å². The summed E-state index contributed by atoms with van der Waals surface area (Å²) < 4.78 is 6.79. The van der Waals surface area contributed by atoms with Crippen molar-refractivity contribution in [3.05, 3.63) is 247 Å². The van der Waals surface area contributed by atoms with Gasteiger partial charge in [0.15, 0.2) is 17.5 Å². The third kappa shape index (κ3) is 5.65. The van der Waals surface area contributed by atoms with Crippen molar-refractivity contribution in [2.75, 3.05) is 0 Å². The van der Waals surface area contributed by atoms with Crippen molar-refractivity contribution in [3.63, 3.8) is 0 Å². The highest BCUT2D eigenvalue weighted by Crippen LogP contribution is 2.62. The van der Waals surface area contributed by atoms with Crippen molar-refractivity contribution in [3.8, 4) is 90.2 Å². The number of nitrogens with zero attached hydrogens (tertiary/aromatic N) is 3. The van der Waals surface area contributed by atoms with Crippen LogP contribution in [-0.4, -0.2) is 15.0 Å². The smallest absolute Gasteiger partial charge is 0.164 e. The lowest BCUT2D eigenvalue weighted by molar-refractivity contribution is 0.436. The fourth-order valence-electron chi connectivity index (χ4n) is 9.71. The van der Waals surface area contributed by atoms with Gasteiger partial charge in [-0.1, -0.05) is 200 Å². The molecule has 9 aromatic carbocycles. The maximum atomic E-state index is 6.79. The number of rotatable bonds is 6. The van der Waals surface area contributed by atoms with Crippen molar-refractivity contribution in [1.82, 2.24) is 15.0 Å². The minimum atomic E-state index is -0.621. The fourth-order valence-corrected chi connectivity index (χ4v) is 9.71. The Morgan fingerprint density at radius 2 is 0.726 bits per heavy atom. The molecule has 0 N–H and O–H groups in total. The second-order valence-electron chi connectivity index (χ2n) is 15.9. The maximum absolute atomic E-state index is 6.79. The lowest BCUT2D eigenvalue weighted by Gasteiger charge is -2.39. The minimum absolute atomic E-state index is 0.581. The average molecular weight is 792 g/mol. The van der Waals surface area contributed by atoms with Crippen LogP contribution in [0.15, 0.2) is 224 Å². The van der Waals surface area contributed by atoms with Crippen molar-refractivity contribution in [2.45, 2.75) is 5.41 Å². The number of hydrogen-bond acceptors (Lipinski definition) is 4. The molecule has 290 valence electrons. The molecule has 0 radical (unpaired) electrons. The van der Waals surface area contributed by atoms with Crippen LogP contribution in [0.3, 0.4) is 0 Å². The first-order valence-electron chi connectivity index (χ1n) is 21.0. The van der Waals surface area contributed by atoms with Gasteiger partial charge in [-0.3, -0.25) is 0 Å². The van der Waals surface area contributed by atoms with E-state index in [0.717, 1.165) is 72.7 Å². The third-order valence-corrected chi connectivity index (χ3v) is 12.4. The summed E-state index contributed by atoms with van der Waals surface area (Å²) in [5.41, 5.74) is 15.8. The zero-order valence-corrected chi connectivity index (χ0v) is 33.6. The monoisotopic (exact) mass is 791 g/mol. The highest BCUT2D eigenvalue weighted by atomic mass is 16.5. The summed E-state index contributed by atoms with van der Waals surface area (Å²) in [6, 6.07) is 79.0. The van der Waals surface area contributed by atoms with Gasteiger partial charge >= 0.3 is 0 Å². The van der Waals surface area contributed by atoms with Gasteiger partial charge in [0.2, 0.25) is 0 Å². The number of ether oxygens (including phenoxy) is 1. The molecule has 0 amide bonds. The molecule has 0 atom stereocenters. The second-order valence-corrected chi connectivity index (χ2v) is 15.9. The highest BCUT2D eigenvalue weighted by Gasteiger charge is 2.51. The number of aromatic nitrogens is 3. The molecule has 0 unspecified atom stereocenters. The Bertz CT molecular complexity index is 3260. The minimum Gasteiger partial charge on any atom is -0.457 e. The molecule has 0 saturated heterocycles. The first-order valence-corrected chi connectivity index (χ1v) is 21.0. The van der Waals surface area contributed by atoms with Gasteiger partial charge < -0.3 is 4.74 Å². The van der Waals surface area contributed by atoms with E-state index in [1.54, 1.807) is 0 Å². The first-order chi connectivity index (χ1) is 30.7. The van der Waals surface area contributed by atoms with Gasteiger partial charge in [-0.05, 0) is 74.3 Å². The summed E-state index contributed by atoms with van der Waals surface area (Å²) in [5, 5.41) is 0. The van der Waals surface area contributed by atoms with Crippen LogP contribution in [0, 0.1) is 0 Å². The van der Waals surface area contributed by atoms with E-state index >= 15 is 0 Å². The SMILES string of the molecule is c1ccc(-c2ccc(-c3nc(-c4ccc5c(c4)C4(c6ccccc6O5)c5ccccc5-c5ccccc54)nc(-c4cccc(-c5ccccc5)c4-c4ccccc4)n3)cc2)cc1. The molecule has 4 heteroatoms. The zero-order valence-electron chi connectivity index (χ0n) is 33.6. The molecule has 12 rings (SSSR count). The van der Waals surface area contributed by atoms with Gasteiger partial charge in [-0.2, -0.15) is 0 Å². The van der Waals surface area contributed by atoms with Gasteiger partial charge in [0.05, 0.1) is 5.41 Å². The number of fused-ring (bicyclic) bond motifs is 9. The van der Waals surface area contributed by atoms with Crippen LogP contribution in [0.1, 0.15) is 22.3 Å². The Hall–Kier alpha value is -8.21. The zero-order chi connectivity index (χ0) is 41.0. The molecule has 0 fully saturated rings. The predicted molar refractivity (Wildman–Crippen MR) is 250 cm³/mol. The fraction of sp³-hybridized carbons (Fsp3) is 0.0172. The molecule has 10 aromatic rings. The van der Waals surface area contributed by atoms with E-state index < -0.39 is 5.41 Å². The van der Waals surface area contributed by atoms with Crippen molar-refractivity contribution in [2.24, 2.45) is 0 Å². The lowest BCUT2D eigenvalue weighted by Crippen LogP contribution is -2.32. The third-order valence-electron chi connectivity index (χ3n) is 12.4. The molecule has 62 heavy (non-hydrogen) atoms. The molecule has 4 nitrogen and oxygen atoms in total. The van der Waals surface area contributed by atoms with E-state index in [1.165, 1.54) is 22.3 Å². The standard InChI is InChI=1S/C58H37N3O/c1-4-17-38(18-5-1)39-31-33-42(34-32-39)55-59-56(61-57(60-55)47-26-16-25-44(40-19-6-2-7-20-40)54(47)41-21-8-3-9-22-41)43-35-36-53-51(37-43)58(50-29-14-15-30-52(50)62-53)48-27-12-10-23-45(48)46-24-11-13-28-49(46)58/h1-37H. The van der Waals surface area contributed by atoms with Gasteiger partial charge in [-0.25, -0.2) is 15.0 Å². The molecular weight excluding hydrogens is 755 g/mol. The number of benzene rings is 9. The summed E-state index contributed by atoms with van der Waals surface area (Å²) >= 11 is 0. The Labute approximate surface area is 360 Å². The van der Waals surface area contributed by atoms with Crippen LogP contribution >= 0.6 is 0 Å². The second kappa shape index (κ2) is 14.5. The predicted octanol–water partition coefficient (Wildman–Crippen LogP) is 14.3. The Morgan fingerprint density at radius 1 is 0.274 bits per heavy atom. The molecule has 2 aliphatic rings. The Morgan fingerprint density at radius 3 is 1.40 bits per heavy atom. The van der Waals surface area contributed by atoms with Crippen molar-refractivity contribution >= 4 is 0 Å². The highest BCUT2D eigenvalue weighted by molar-refractivity contribution is 5.94. The molecule has 1 spiro atoms.